The Morgan fingerprint density at radius 3 is 2.75 bits per heavy atom. The number of hydrogen-bond donors (Lipinski definition) is 1. The first-order valence-corrected chi connectivity index (χ1v) is 9.96. The first-order chi connectivity index (χ1) is 11.6. The Hall–Kier alpha value is -1.36. The lowest BCUT2D eigenvalue weighted by molar-refractivity contribution is -0.115. The molecule has 0 bridgehead atoms. The number of amides is 1. The van der Waals surface area contributed by atoms with Gasteiger partial charge in [-0.2, -0.15) is 0 Å². The largest absolute Gasteiger partial charge is 0.493 e. The lowest BCUT2D eigenvalue weighted by Gasteiger charge is -2.18. The minimum Gasteiger partial charge on any atom is -0.493 e. The van der Waals surface area contributed by atoms with E-state index >= 15 is 0 Å². The Morgan fingerprint density at radius 2 is 2.08 bits per heavy atom. The second-order valence-electron chi connectivity index (χ2n) is 6.25. The van der Waals surface area contributed by atoms with Crippen LogP contribution in [-0.4, -0.2) is 30.1 Å². The van der Waals surface area contributed by atoms with Gasteiger partial charge in [-0.15, -0.1) is 11.8 Å². The molecule has 1 fully saturated rings. The van der Waals surface area contributed by atoms with Gasteiger partial charge >= 0.3 is 0 Å². The van der Waals surface area contributed by atoms with E-state index in [-0.39, 0.29) is 17.3 Å². The molecule has 1 unspecified atom stereocenters. The Labute approximate surface area is 149 Å². The predicted octanol–water partition coefficient (Wildman–Crippen LogP) is 4.88. The lowest BCUT2D eigenvalue weighted by atomic mass is 10.2. The quantitative estimate of drug-likeness (QED) is 0.644. The summed E-state index contributed by atoms with van der Waals surface area (Å²) in [6.07, 6.45) is 7.17. The van der Waals surface area contributed by atoms with Gasteiger partial charge in [0.15, 0.2) is 11.5 Å². The highest BCUT2D eigenvalue weighted by molar-refractivity contribution is 8.00. The van der Waals surface area contributed by atoms with E-state index in [1.807, 2.05) is 25.1 Å². The highest BCUT2D eigenvalue weighted by atomic mass is 32.2. The van der Waals surface area contributed by atoms with E-state index < -0.39 is 0 Å². The lowest BCUT2D eigenvalue weighted by Crippen LogP contribution is -2.23. The standard InChI is InChI=1S/C19H29NO3S/c1-4-5-12-24-14(2)19(21)20-15-10-11-17(22-3)18(13-15)23-16-8-6-7-9-16/h10-11,13-14,16H,4-9,12H2,1-3H3,(H,20,21). The van der Waals surface area contributed by atoms with E-state index in [4.69, 9.17) is 9.47 Å². The minimum atomic E-state index is -0.0575. The molecule has 1 amide bonds. The summed E-state index contributed by atoms with van der Waals surface area (Å²) in [7, 11) is 1.64. The molecule has 0 spiro atoms. The molecule has 4 nitrogen and oxygen atoms in total. The number of carbonyl (C=O) groups is 1. The van der Waals surface area contributed by atoms with E-state index in [2.05, 4.69) is 12.2 Å². The zero-order chi connectivity index (χ0) is 17.4. The van der Waals surface area contributed by atoms with Crippen molar-refractivity contribution in [2.24, 2.45) is 0 Å². The molecule has 24 heavy (non-hydrogen) atoms. The maximum Gasteiger partial charge on any atom is 0.237 e. The van der Waals surface area contributed by atoms with Gasteiger partial charge < -0.3 is 14.8 Å². The number of benzene rings is 1. The second kappa shape index (κ2) is 9.82. The number of anilines is 1. The van der Waals surface area contributed by atoms with Crippen LogP contribution in [0.1, 0.15) is 52.4 Å². The number of carbonyl (C=O) groups excluding carboxylic acids is 1. The number of methoxy groups -OCH3 is 1. The van der Waals surface area contributed by atoms with E-state index in [1.165, 1.54) is 12.8 Å². The number of nitrogens with one attached hydrogen (secondary N) is 1. The highest BCUT2D eigenvalue weighted by Crippen LogP contribution is 2.34. The molecule has 2 rings (SSSR count). The van der Waals surface area contributed by atoms with Crippen molar-refractivity contribution in [3.05, 3.63) is 18.2 Å². The number of unbranched alkanes of at least 4 members (excludes halogenated alkanes) is 1. The molecule has 0 saturated heterocycles. The molecule has 1 aliphatic rings. The van der Waals surface area contributed by atoms with E-state index in [0.29, 0.717) is 11.5 Å². The molecule has 5 heteroatoms. The molecular formula is C19H29NO3S. The van der Waals surface area contributed by atoms with Gasteiger partial charge in [0.2, 0.25) is 5.91 Å². The highest BCUT2D eigenvalue weighted by Gasteiger charge is 2.19. The predicted molar refractivity (Wildman–Crippen MR) is 101 cm³/mol. The topological polar surface area (TPSA) is 47.6 Å². The Bertz CT molecular complexity index is 529. The van der Waals surface area contributed by atoms with Gasteiger partial charge in [0, 0.05) is 11.8 Å². The van der Waals surface area contributed by atoms with Crippen molar-refractivity contribution in [2.75, 3.05) is 18.2 Å². The number of rotatable bonds is 9. The van der Waals surface area contributed by atoms with Crippen molar-refractivity contribution >= 4 is 23.4 Å². The maximum atomic E-state index is 12.3. The summed E-state index contributed by atoms with van der Waals surface area (Å²) < 4.78 is 11.5. The van der Waals surface area contributed by atoms with Crippen LogP contribution in [0.2, 0.25) is 0 Å². The van der Waals surface area contributed by atoms with Crippen molar-refractivity contribution in [3.8, 4) is 11.5 Å². The van der Waals surface area contributed by atoms with Gasteiger partial charge in [-0.3, -0.25) is 4.79 Å². The molecule has 134 valence electrons. The molecule has 1 aromatic rings. The monoisotopic (exact) mass is 351 g/mol. The Kier molecular flexibility index (Phi) is 7.76. The molecule has 1 N–H and O–H groups in total. The second-order valence-corrected chi connectivity index (χ2v) is 7.69. The van der Waals surface area contributed by atoms with Crippen LogP contribution in [-0.2, 0) is 4.79 Å². The maximum absolute atomic E-state index is 12.3. The van der Waals surface area contributed by atoms with Crippen LogP contribution in [0.3, 0.4) is 0 Å². The van der Waals surface area contributed by atoms with Crippen LogP contribution in [0.5, 0.6) is 11.5 Å². The summed E-state index contributed by atoms with van der Waals surface area (Å²) in [6, 6.07) is 5.59. The van der Waals surface area contributed by atoms with Crippen LogP contribution in [0.15, 0.2) is 18.2 Å². The third kappa shape index (κ3) is 5.62. The summed E-state index contributed by atoms with van der Waals surface area (Å²) in [5.41, 5.74) is 0.761. The number of ether oxygens (including phenoxy) is 2. The molecule has 0 radical (unpaired) electrons. The van der Waals surface area contributed by atoms with Crippen molar-refractivity contribution in [2.45, 2.75) is 63.7 Å². The third-order valence-electron chi connectivity index (χ3n) is 4.26. The SMILES string of the molecule is CCCCSC(C)C(=O)Nc1ccc(OC)c(OC2CCCC2)c1. The average molecular weight is 352 g/mol. The van der Waals surface area contributed by atoms with Gasteiger partial charge in [-0.1, -0.05) is 13.3 Å². The van der Waals surface area contributed by atoms with Crippen LogP contribution in [0.25, 0.3) is 0 Å². The van der Waals surface area contributed by atoms with E-state index in [1.54, 1.807) is 18.9 Å². The summed E-state index contributed by atoms with van der Waals surface area (Å²) in [5.74, 6) is 2.48. The molecule has 0 heterocycles. The average Bonchev–Trinajstić information content (AvgIpc) is 3.08. The minimum absolute atomic E-state index is 0.0353. The zero-order valence-electron chi connectivity index (χ0n) is 15.0. The number of hydrogen-bond acceptors (Lipinski definition) is 4. The van der Waals surface area contributed by atoms with Crippen LogP contribution >= 0.6 is 11.8 Å². The zero-order valence-corrected chi connectivity index (χ0v) is 15.8. The van der Waals surface area contributed by atoms with Crippen molar-refractivity contribution in [3.63, 3.8) is 0 Å². The molecular weight excluding hydrogens is 322 g/mol. The van der Waals surface area contributed by atoms with E-state index in [0.717, 1.165) is 37.1 Å². The number of thioether (sulfide) groups is 1. The normalized spacial score (nSPS) is 16.0. The molecule has 1 atom stereocenters. The van der Waals surface area contributed by atoms with Gasteiger partial charge in [-0.25, -0.2) is 0 Å². The van der Waals surface area contributed by atoms with Crippen molar-refractivity contribution < 1.29 is 14.3 Å². The van der Waals surface area contributed by atoms with Gasteiger partial charge in [0.05, 0.1) is 18.5 Å². The molecule has 1 saturated carbocycles. The van der Waals surface area contributed by atoms with Crippen LogP contribution in [0.4, 0.5) is 5.69 Å². The first kappa shape index (κ1) is 19.0. The summed E-state index contributed by atoms with van der Waals surface area (Å²) in [5, 5.41) is 2.93. The molecule has 1 aromatic carbocycles. The summed E-state index contributed by atoms with van der Waals surface area (Å²) in [4.78, 5) is 12.3. The fraction of sp³-hybridized carbons (Fsp3) is 0.632. The van der Waals surface area contributed by atoms with Crippen LogP contribution in [0, 0.1) is 0 Å². The summed E-state index contributed by atoms with van der Waals surface area (Å²) >= 11 is 1.70. The fourth-order valence-electron chi connectivity index (χ4n) is 2.76. The van der Waals surface area contributed by atoms with E-state index in [9.17, 15) is 4.79 Å². The van der Waals surface area contributed by atoms with Crippen molar-refractivity contribution in [1.82, 2.24) is 0 Å². The van der Waals surface area contributed by atoms with Crippen molar-refractivity contribution in [1.29, 1.82) is 0 Å². The molecule has 0 aromatic heterocycles. The first-order valence-electron chi connectivity index (χ1n) is 8.91. The van der Waals surface area contributed by atoms with Crippen LogP contribution < -0.4 is 14.8 Å². The molecule has 1 aliphatic carbocycles. The summed E-state index contributed by atoms with van der Waals surface area (Å²) in [6.45, 7) is 4.11. The fourth-order valence-corrected chi connectivity index (χ4v) is 3.78. The van der Waals surface area contributed by atoms with Gasteiger partial charge in [0.1, 0.15) is 0 Å². The third-order valence-corrected chi connectivity index (χ3v) is 5.50. The molecule has 0 aliphatic heterocycles. The van der Waals surface area contributed by atoms with Gasteiger partial charge in [0.25, 0.3) is 0 Å². The smallest absolute Gasteiger partial charge is 0.237 e. The Morgan fingerprint density at radius 1 is 1.33 bits per heavy atom. The van der Waals surface area contributed by atoms with Gasteiger partial charge in [-0.05, 0) is 56.9 Å². The Balaban J connectivity index is 1.97.